The van der Waals surface area contributed by atoms with Gasteiger partial charge in [0.2, 0.25) is 0 Å². The molecule has 1 heterocycles. The minimum Gasteiger partial charge on any atom is -0.481 e. The van der Waals surface area contributed by atoms with Crippen LogP contribution in [0, 0.1) is 5.92 Å². The number of benzene rings is 2. The largest absolute Gasteiger partial charge is 0.481 e. The van der Waals surface area contributed by atoms with Gasteiger partial charge < -0.3 is 10.1 Å². The molecule has 0 saturated carbocycles. The lowest BCUT2D eigenvalue weighted by molar-refractivity contribution is -0.141. The summed E-state index contributed by atoms with van der Waals surface area (Å²) in [5, 5.41) is 9.45. The number of aromatic nitrogens is 1. The van der Waals surface area contributed by atoms with Gasteiger partial charge in [-0.2, -0.15) is 13.2 Å². The molecule has 29 heavy (non-hydrogen) atoms. The minimum absolute atomic E-state index is 0.0712. The van der Waals surface area contributed by atoms with Crippen molar-refractivity contribution >= 4 is 11.8 Å². The average Bonchev–Trinajstić information content (AvgIpc) is 3.18. The van der Waals surface area contributed by atoms with E-state index >= 15 is 0 Å². The number of carbonyl (C=O) groups excluding carboxylic acids is 1. The van der Waals surface area contributed by atoms with Gasteiger partial charge in [-0.15, -0.1) is 0 Å². The molecule has 4 nitrogen and oxygen atoms in total. The van der Waals surface area contributed by atoms with Crippen LogP contribution in [-0.2, 0) is 17.4 Å². The first-order valence-corrected chi connectivity index (χ1v) is 8.91. The van der Waals surface area contributed by atoms with Gasteiger partial charge in [0.15, 0.2) is 5.78 Å². The summed E-state index contributed by atoms with van der Waals surface area (Å²) in [6.07, 6.45) is -4.60. The maximum Gasteiger partial charge on any atom is 0.417 e. The van der Waals surface area contributed by atoms with E-state index in [-0.39, 0.29) is 29.8 Å². The van der Waals surface area contributed by atoms with Crippen molar-refractivity contribution in [2.75, 3.05) is 0 Å². The van der Waals surface area contributed by atoms with Crippen molar-refractivity contribution in [3.63, 3.8) is 0 Å². The first kappa shape index (κ1) is 20.4. The summed E-state index contributed by atoms with van der Waals surface area (Å²) in [7, 11) is 0. The maximum atomic E-state index is 13.2. The second-order valence-corrected chi connectivity index (χ2v) is 6.68. The van der Waals surface area contributed by atoms with Crippen LogP contribution >= 0.6 is 0 Å². The molecule has 0 bridgehead atoms. The number of ketones is 1. The number of carbonyl (C=O) groups is 2. The number of alkyl halides is 3. The third-order valence-electron chi connectivity index (χ3n) is 4.62. The van der Waals surface area contributed by atoms with Crippen LogP contribution in [0.3, 0.4) is 0 Å². The van der Waals surface area contributed by atoms with Gasteiger partial charge in [-0.3, -0.25) is 9.59 Å². The Labute approximate surface area is 165 Å². The molecule has 3 rings (SSSR count). The zero-order chi connectivity index (χ0) is 21.0. The normalized spacial score (nSPS) is 12.5. The predicted octanol–water partition coefficient (Wildman–Crippen LogP) is 5.22. The molecule has 150 valence electrons. The number of aliphatic carboxylic acids is 1. The van der Waals surface area contributed by atoms with Crippen LogP contribution in [0.15, 0.2) is 66.7 Å². The Morgan fingerprint density at radius 1 is 0.931 bits per heavy atom. The average molecular weight is 401 g/mol. The van der Waals surface area contributed by atoms with Gasteiger partial charge in [-0.25, -0.2) is 0 Å². The molecular weight excluding hydrogens is 383 g/mol. The summed E-state index contributed by atoms with van der Waals surface area (Å²) < 4.78 is 39.7. The highest BCUT2D eigenvalue weighted by Crippen LogP contribution is 2.36. The van der Waals surface area contributed by atoms with Gasteiger partial charge in [0.1, 0.15) is 0 Å². The van der Waals surface area contributed by atoms with E-state index < -0.39 is 29.4 Å². The van der Waals surface area contributed by atoms with E-state index in [9.17, 15) is 27.9 Å². The Morgan fingerprint density at radius 3 is 2.24 bits per heavy atom. The van der Waals surface area contributed by atoms with Crippen LogP contribution in [0.1, 0.15) is 28.0 Å². The van der Waals surface area contributed by atoms with Crippen molar-refractivity contribution < 1.29 is 27.9 Å². The number of hydrogen-bond donors (Lipinski definition) is 2. The summed E-state index contributed by atoms with van der Waals surface area (Å²) in [5.41, 5.74) is 0.137. The zero-order valence-corrected chi connectivity index (χ0v) is 15.2. The number of nitrogens with one attached hydrogen (secondary N) is 1. The van der Waals surface area contributed by atoms with E-state index in [1.807, 2.05) is 6.07 Å². The Balaban J connectivity index is 1.80. The summed E-state index contributed by atoms with van der Waals surface area (Å²) in [5.74, 6) is -2.50. The SMILES string of the molecule is O=C(C[C@@H](Cc1ccccc1)C(=O)O)c1ccc(-c2ccccc2C(F)(F)F)[nH]1. The van der Waals surface area contributed by atoms with Crippen LogP contribution in [0.2, 0.25) is 0 Å². The number of carboxylic acid groups (broad SMARTS) is 1. The molecule has 0 fully saturated rings. The first-order chi connectivity index (χ1) is 13.8. The van der Waals surface area contributed by atoms with Gasteiger partial charge in [0.25, 0.3) is 0 Å². The molecule has 1 aromatic heterocycles. The summed E-state index contributed by atoms with van der Waals surface area (Å²) in [6.45, 7) is 0. The molecule has 0 amide bonds. The van der Waals surface area contributed by atoms with Crippen molar-refractivity contribution in [1.29, 1.82) is 0 Å². The Morgan fingerprint density at radius 2 is 1.59 bits per heavy atom. The number of Topliss-reactive ketones (excluding diaryl/α,β-unsaturated/α-hetero) is 1. The van der Waals surface area contributed by atoms with Crippen molar-refractivity contribution in [2.45, 2.75) is 19.0 Å². The molecule has 2 aromatic carbocycles. The van der Waals surface area contributed by atoms with Crippen molar-refractivity contribution in [2.24, 2.45) is 5.92 Å². The van der Waals surface area contributed by atoms with Gasteiger partial charge in [0.05, 0.1) is 17.2 Å². The summed E-state index contributed by atoms with van der Waals surface area (Å²) in [6, 6.07) is 16.8. The lowest BCUT2D eigenvalue weighted by Crippen LogP contribution is -2.20. The molecule has 0 spiro atoms. The lowest BCUT2D eigenvalue weighted by atomic mass is 9.93. The second kappa shape index (κ2) is 8.34. The molecule has 2 N–H and O–H groups in total. The van der Waals surface area contributed by atoms with E-state index in [0.29, 0.717) is 0 Å². The first-order valence-electron chi connectivity index (χ1n) is 8.91. The molecular formula is C22H18F3NO3. The molecule has 0 aliphatic carbocycles. The van der Waals surface area contributed by atoms with Crippen LogP contribution in [0.4, 0.5) is 13.2 Å². The van der Waals surface area contributed by atoms with Crippen LogP contribution in [0.25, 0.3) is 11.3 Å². The Hall–Kier alpha value is -3.35. The number of halogens is 3. The third kappa shape index (κ3) is 4.93. The second-order valence-electron chi connectivity index (χ2n) is 6.68. The monoisotopic (exact) mass is 401 g/mol. The molecule has 0 radical (unpaired) electrons. The number of carboxylic acids is 1. The highest BCUT2D eigenvalue weighted by molar-refractivity contribution is 5.97. The smallest absolute Gasteiger partial charge is 0.417 e. The van der Waals surface area contributed by atoms with Gasteiger partial charge >= 0.3 is 12.1 Å². The maximum absolute atomic E-state index is 13.2. The number of H-pyrrole nitrogens is 1. The van der Waals surface area contributed by atoms with Crippen molar-refractivity contribution in [3.8, 4) is 11.3 Å². The molecule has 3 aromatic rings. The van der Waals surface area contributed by atoms with E-state index in [1.54, 1.807) is 24.3 Å². The molecule has 0 saturated heterocycles. The van der Waals surface area contributed by atoms with E-state index in [1.165, 1.54) is 30.3 Å². The van der Waals surface area contributed by atoms with Crippen LogP contribution in [0.5, 0.6) is 0 Å². The Bertz CT molecular complexity index is 1010. The van der Waals surface area contributed by atoms with Gasteiger partial charge in [-0.05, 0) is 30.2 Å². The minimum atomic E-state index is -4.53. The molecule has 0 unspecified atom stereocenters. The fraction of sp³-hybridized carbons (Fsp3) is 0.182. The molecule has 0 aliphatic heterocycles. The fourth-order valence-electron chi connectivity index (χ4n) is 3.16. The standard InChI is InChI=1S/C22H18F3NO3/c23-22(24,25)17-9-5-4-8-16(17)18-10-11-19(26-18)20(27)13-15(21(28)29)12-14-6-2-1-3-7-14/h1-11,15,26H,12-13H2,(H,28,29)/t15-/m1/s1. The predicted molar refractivity (Wildman–Crippen MR) is 101 cm³/mol. The quantitative estimate of drug-likeness (QED) is 0.534. The van der Waals surface area contributed by atoms with E-state index in [0.717, 1.165) is 11.6 Å². The molecule has 1 atom stereocenters. The lowest BCUT2D eigenvalue weighted by Gasteiger charge is -2.12. The summed E-state index contributed by atoms with van der Waals surface area (Å²) in [4.78, 5) is 26.8. The molecule has 0 aliphatic rings. The van der Waals surface area contributed by atoms with Crippen molar-refractivity contribution in [3.05, 3.63) is 83.6 Å². The van der Waals surface area contributed by atoms with Crippen molar-refractivity contribution in [1.82, 2.24) is 4.98 Å². The highest BCUT2D eigenvalue weighted by atomic mass is 19.4. The fourth-order valence-corrected chi connectivity index (χ4v) is 3.16. The third-order valence-corrected chi connectivity index (χ3v) is 4.62. The number of aromatic amines is 1. The number of hydrogen-bond acceptors (Lipinski definition) is 2. The van der Waals surface area contributed by atoms with Gasteiger partial charge in [0, 0.05) is 17.7 Å². The van der Waals surface area contributed by atoms with E-state index in [4.69, 9.17) is 0 Å². The van der Waals surface area contributed by atoms with Gasteiger partial charge in [-0.1, -0.05) is 48.5 Å². The van der Waals surface area contributed by atoms with Crippen LogP contribution in [-0.4, -0.2) is 21.8 Å². The topological polar surface area (TPSA) is 70.2 Å². The van der Waals surface area contributed by atoms with Crippen LogP contribution < -0.4 is 0 Å². The Kier molecular flexibility index (Phi) is 5.87. The molecule has 7 heteroatoms. The number of rotatable bonds is 7. The zero-order valence-electron chi connectivity index (χ0n) is 15.2. The van der Waals surface area contributed by atoms with E-state index in [2.05, 4.69) is 4.98 Å². The highest BCUT2D eigenvalue weighted by Gasteiger charge is 2.33. The summed E-state index contributed by atoms with van der Waals surface area (Å²) >= 11 is 0.